The summed E-state index contributed by atoms with van der Waals surface area (Å²) >= 11 is 0.942. The lowest BCUT2D eigenvalue weighted by atomic mass is 10.1. The maximum absolute atomic E-state index is 12.4. The standard InChI is InChI=1S/C12H22N4O3S2/c1-6-7-13-10-15-16-11(20-10)21(18,19)8(2)9(17)14-12(3,4)5/h8H,6-7H2,1-5H3,(H,13,15)(H,14,17). The van der Waals surface area contributed by atoms with E-state index < -0.39 is 26.5 Å². The highest BCUT2D eigenvalue weighted by atomic mass is 32.2. The minimum atomic E-state index is -3.82. The van der Waals surface area contributed by atoms with Gasteiger partial charge >= 0.3 is 0 Å². The maximum Gasteiger partial charge on any atom is 0.238 e. The molecule has 1 rings (SSSR count). The van der Waals surface area contributed by atoms with Gasteiger partial charge < -0.3 is 10.6 Å². The molecule has 0 aliphatic heterocycles. The fourth-order valence-corrected chi connectivity index (χ4v) is 3.83. The van der Waals surface area contributed by atoms with Crippen molar-refractivity contribution < 1.29 is 13.2 Å². The summed E-state index contributed by atoms with van der Waals surface area (Å²) in [7, 11) is -3.82. The Kier molecular flexibility index (Phi) is 5.68. The quantitative estimate of drug-likeness (QED) is 0.816. The lowest BCUT2D eigenvalue weighted by Gasteiger charge is -2.22. The molecule has 9 heteroatoms. The van der Waals surface area contributed by atoms with Gasteiger partial charge in [-0.05, 0) is 34.1 Å². The molecule has 0 bridgehead atoms. The Morgan fingerprint density at radius 1 is 1.33 bits per heavy atom. The number of aromatic nitrogens is 2. The van der Waals surface area contributed by atoms with Crippen molar-refractivity contribution in [1.82, 2.24) is 15.5 Å². The van der Waals surface area contributed by atoms with Gasteiger partial charge in [0.05, 0.1) is 0 Å². The second-order valence-corrected chi connectivity index (χ2v) is 9.15. The Bertz CT molecular complexity index is 590. The Hall–Kier alpha value is -1.22. The van der Waals surface area contributed by atoms with Crippen LogP contribution in [-0.4, -0.2) is 41.9 Å². The third-order valence-electron chi connectivity index (χ3n) is 2.51. The van der Waals surface area contributed by atoms with E-state index in [0.29, 0.717) is 11.7 Å². The van der Waals surface area contributed by atoms with Gasteiger partial charge in [0, 0.05) is 12.1 Å². The van der Waals surface area contributed by atoms with Gasteiger partial charge in [0.2, 0.25) is 25.2 Å². The van der Waals surface area contributed by atoms with Crippen LogP contribution in [0.1, 0.15) is 41.0 Å². The summed E-state index contributed by atoms with van der Waals surface area (Å²) in [5.74, 6) is -0.541. The number of amides is 1. The number of carbonyl (C=O) groups is 1. The van der Waals surface area contributed by atoms with E-state index in [1.807, 2.05) is 6.92 Å². The third-order valence-corrected chi connectivity index (χ3v) is 5.84. The summed E-state index contributed by atoms with van der Waals surface area (Å²) in [6.07, 6.45) is 0.895. The molecule has 0 aliphatic carbocycles. The van der Waals surface area contributed by atoms with Gasteiger partial charge in [0.15, 0.2) is 0 Å². The van der Waals surface area contributed by atoms with E-state index in [9.17, 15) is 13.2 Å². The molecule has 0 fully saturated rings. The first kappa shape index (κ1) is 17.8. The fraction of sp³-hybridized carbons (Fsp3) is 0.750. The molecule has 7 nitrogen and oxygen atoms in total. The molecule has 0 spiro atoms. The first-order valence-electron chi connectivity index (χ1n) is 6.71. The van der Waals surface area contributed by atoms with Crippen LogP contribution in [0.5, 0.6) is 0 Å². The molecule has 1 amide bonds. The average molecular weight is 334 g/mol. The molecule has 21 heavy (non-hydrogen) atoms. The number of anilines is 1. The van der Waals surface area contributed by atoms with E-state index in [-0.39, 0.29) is 4.34 Å². The van der Waals surface area contributed by atoms with E-state index in [1.165, 1.54) is 6.92 Å². The van der Waals surface area contributed by atoms with E-state index in [2.05, 4.69) is 20.8 Å². The van der Waals surface area contributed by atoms with Crippen molar-refractivity contribution >= 4 is 32.2 Å². The van der Waals surface area contributed by atoms with Crippen LogP contribution >= 0.6 is 11.3 Å². The lowest BCUT2D eigenvalue weighted by molar-refractivity contribution is -0.121. The number of carbonyl (C=O) groups excluding carboxylic acids is 1. The van der Waals surface area contributed by atoms with Crippen LogP contribution in [-0.2, 0) is 14.6 Å². The molecular weight excluding hydrogens is 312 g/mol. The van der Waals surface area contributed by atoms with Gasteiger partial charge in [0.25, 0.3) is 0 Å². The van der Waals surface area contributed by atoms with Gasteiger partial charge in [-0.25, -0.2) is 8.42 Å². The highest BCUT2D eigenvalue weighted by molar-refractivity contribution is 7.94. The van der Waals surface area contributed by atoms with Crippen molar-refractivity contribution in [1.29, 1.82) is 0 Å². The Morgan fingerprint density at radius 3 is 2.48 bits per heavy atom. The smallest absolute Gasteiger partial charge is 0.238 e. The van der Waals surface area contributed by atoms with Gasteiger partial charge in [-0.3, -0.25) is 4.79 Å². The van der Waals surface area contributed by atoms with E-state index in [4.69, 9.17) is 0 Å². The van der Waals surface area contributed by atoms with Gasteiger partial charge in [-0.2, -0.15) is 0 Å². The summed E-state index contributed by atoms with van der Waals surface area (Å²) < 4.78 is 24.6. The summed E-state index contributed by atoms with van der Waals surface area (Å²) in [4.78, 5) is 12.0. The van der Waals surface area contributed by atoms with Crippen LogP contribution in [0, 0.1) is 0 Å². The van der Waals surface area contributed by atoms with E-state index in [1.54, 1.807) is 20.8 Å². The second kappa shape index (κ2) is 6.69. The first-order chi connectivity index (χ1) is 9.58. The summed E-state index contributed by atoms with van der Waals surface area (Å²) in [5.41, 5.74) is -0.490. The third kappa shape index (κ3) is 4.92. The average Bonchev–Trinajstić information content (AvgIpc) is 2.82. The van der Waals surface area contributed by atoms with Crippen molar-refractivity contribution in [2.45, 2.75) is 56.2 Å². The molecule has 2 N–H and O–H groups in total. The number of nitrogens with one attached hydrogen (secondary N) is 2. The molecule has 0 radical (unpaired) electrons. The number of hydrogen-bond acceptors (Lipinski definition) is 7. The summed E-state index contributed by atoms with van der Waals surface area (Å²) in [6, 6.07) is 0. The Labute approximate surface area is 129 Å². The fourth-order valence-electron chi connectivity index (χ4n) is 1.39. The molecule has 0 aliphatic rings. The number of nitrogens with zero attached hydrogens (tertiary/aromatic N) is 2. The van der Waals surface area contributed by atoms with Crippen molar-refractivity contribution in [2.24, 2.45) is 0 Å². The van der Waals surface area contributed by atoms with Gasteiger partial charge in [-0.15, -0.1) is 10.2 Å². The normalized spacial score (nSPS) is 13.8. The molecule has 1 aromatic heterocycles. The largest absolute Gasteiger partial charge is 0.360 e. The SMILES string of the molecule is CCCNc1nnc(S(=O)(=O)C(C)C(=O)NC(C)(C)C)s1. The predicted octanol–water partition coefficient (Wildman–Crippen LogP) is 1.44. The van der Waals surface area contributed by atoms with Gasteiger partial charge in [-0.1, -0.05) is 18.3 Å². The molecule has 120 valence electrons. The second-order valence-electron chi connectivity index (χ2n) is 5.73. The van der Waals surface area contributed by atoms with Crippen LogP contribution in [0.15, 0.2) is 4.34 Å². The predicted molar refractivity (Wildman–Crippen MR) is 83.2 cm³/mol. The molecule has 0 saturated heterocycles. The monoisotopic (exact) mass is 334 g/mol. The van der Waals surface area contributed by atoms with Crippen molar-refractivity contribution in [3.63, 3.8) is 0 Å². The summed E-state index contributed by atoms with van der Waals surface area (Å²) in [6.45, 7) is 9.42. The molecule has 1 atom stereocenters. The zero-order chi connectivity index (χ0) is 16.3. The maximum atomic E-state index is 12.4. The lowest BCUT2D eigenvalue weighted by Crippen LogP contribution is -2.47. The van der Waals surface area contributed by atoms with Gasteiger partial charge in [0.1, 0.15) is 5.25 Å². The minimum absolute atomic E-state index is 0.141. The van der Waals surface area contributed by atoms with Crippen LogP contribution in [0.25, 0.3) is 0 Å². The highest BCUT2D eigenvalue weighted by Crippen LogP contribution is 2.24. The van der Waals surface area contributed by atoms with Crippen LogP contribution < -0.4 is 10.6 Å². The minimum Gasteiger partial charge on any atom is -0.360 e. The molecule has 0 saturated carbocycles. The topological polar surface area (TPSA) is 101 Å². The number of hydrogen-bond donors (Lipinski definition) is 2. The molecule has 0 aromatic carbocycles. The Morgan fingerprint density at radius 2 is 1.95 bits per heavy atom. The van der Waals surface area contributed by atoms with E-state index >= 15 is 0 Å². The summed E-state index contributed by atoms with van der Waals surface area (Å²) in [5, 5.41) is 12.3. The molecule has 1 heterocycles. The highest BCUT2D eigenvalue weighted by Gasteiger charge is 2.34. The van der Waals surface area contributed by atoms with Crippen LogP contribution in [0.2, 0.25) is 0 Å². The molecular formula is C12H22N4O3S2. The zero-order valence-corrected chi connectivity index (χ0v) is 14.6. The molecule has 1 unspecified atom stereocenters. The van der Waals surface area contributed by atoms with Crippen molar-refractivity contribution in [3.05, 3.63) is 0 Å². The molecule has 1 aromatic rings. The first-order valence-corrected chi connectivity index (χ1v) is 9.07. The van der Waals surface area contributed by atoms with Crippen molar-refractivity contribution in [2.75, 3.05) is 11.9 Å². The number of rotatable bonds is 6. The van der Waals surface area contributed by atoms with E-state index in [0.717, 1.165) is 17.8 Å². The Balaban J connectivity index is 2.89. The van der Waals surface area contributed by atoms with Crippen LogP contribution in [0.4, 0.5) is 5.13 Å². The number of sulfone groups is 1. The van der Waals surface area contributed by atoms with Crippen LogP contribution in [0.3, 0.4) is 0 Å². The zero-order valence-electron chi connectivity index (χ0n) is 12.9. The van der Waals surface area contributed by atoms with Crippen molar-refractivity contribution in [3.8, 4) is 0 Å².